The monoisotopic (exact) mass is 428 g/mol. The molecular formula is C26H24N2O4. The Morgan fingerprint density at radius 2 is 1.56 bits per heavy atom. The predicted octanol–water partition coefficient (Wildman–Crippen LogP) is 5.28. The van der Waals surface area contributed by atoms with E-state index in [0.29, 0.717) is 23.4 Å². The molecule has 4 rings (SSSR count). The van der Waals surface area contributed by atoms with Crippen LogP contribution in [0.15, 0.2) is 75.9 Å². The molecule has 0 fully saturated rings. The summed E-state index contributed by atoms with van der Waals surface area (Å²) < 4.78 is 10.5. The smallest absolute Gasteiger partial charge is 0.336 e. The lowest BCUT2D eigenvalue weighted by molar-refractivity contribution is 0.102. The van der Waals surface area contributed by atoms with Crippen molar-refractivity contribution in [1.29, 1.82) is 0 Å². The molecule has 1 amide bonds. The highest BCUT2D eigenvalue weighted by Crippen LogP contribution is 2.23. The van der Waals surface area contributed by atoms with Crippen LogP contribution in [0.2, 0.25) is 0 Å². The second kappa shape index (κ2) is 8.98. The maximum Gasteiger partial charge on any atom is 0.336 e. The van der Waals surface area contributed by atoms with Crippen LogP contribution in [-0.2, 0) is 6.54 Å². The fraction of sp³-hybridized carbons (Fsp3) is 0.154. The van der Waals surface area contributed by atoms with Crippen molar-refractivity contribution in [3.8, 4) is 5.75 Å². The van der Waals surface area contributed by atoms with E-state index in [0.717, 1.165) is 33.5 Å². The topological polar surface area (TPSA) is 80.6 Å². The Bertz CT molecular complexity index is 1320. The van der Waals surface area contributed by atoms with E-state index in [4.69, 9.17) is 9.15 Å². The number of fused-ring (bicyclic) bond motifs is 1. The molecule has 4 aromatic rings. The molecule has 0 aliphatic carbocycles. The first-order chi connectivity index (χ1) is 15.4. The molecule has 3 aromatic carbocycles. The van der Waals surface area contributed by atoms with Crippen LogP contribution in [0.4, 0.5) is 11.4 Å². The zero-order valence-corrected chi connectivity index (χ0v) is 18.2. The quantitative estimate of drug-likeness (QED) is 0.408. The van der Waals surface area contributed by atoms with E-state index in [-0.39, 0.29) is 11.5 Å². The van der Waals surface area contributed by atoms with Gasteiger partial charge >= 0.3 is 5.63 Å². The minimum absolute atomic E-state index is 0.195. The number of aryl methyl sites for hydroxylation is 2. The summed E-state index contributed by atoms with van der Waals surface area (Å²) in [7, 11) is 1.60. The Balaban J connectivity index is 1.45. The van der Waals surface area contributed by atoms with E-state index in [9.17, 15) is 9.59 Å². The van der Waals surface area contributed by atoms with Crippen molar-refractivity contribution < 1.29 is 13.9 Å². The van der Waals surface area contributed by atoms with Crippen LogP contribution in [0.5, 0.6) is 5.75 Å². The van der Waals surface area contributed by atoms with Crippen molar-refractivity contribution in [2.75, 3.05) is 17.7 Å². The maximum atomic E-state index is 12.5. The highest BCUT2D eigenvalue weighted by molar-refractivity contribution is 6.04. The molecule has 0 aliphatic heterocycles. The number of ether oxygens (including phenoxy) is 1. The molecule has 0 bridgehead atoms. The van der Waals surface area contributed by atoms with Gasteiger partial charge in [-0.3, -0.25) is 4.79 Å². The highest BCUT2D eigenvalue weighted by Gasteiger charge is 2.09. The summed E-state index contributed by atoms with van der Waals surface area (Å²) in [5.74, 6) is 0.534. The standard InChI is InChI=1S/C26H24N2O4/c1-16-12-23-19(14-25(29)32-24(23)13-17(16)2)15-27-20-6-4-18(5-7-20)26(30)28-21-8-10-22(31-3)11-9-21/h4-14,27H,15H2,1-3H3,(H,28,30). The van der Waals surface area contributed by atoms with Crippen molar-refractivity contribution in [2.24, 2.45) is 0 Å². The summed E-state index contributed by atoms with van der Waals surface area (Å²) in [6, 6.07) is 19.8. The number of hydrogen-bond acceptors (Lipinski definition) is 5. The van der Waals surface area contributed by atoms with Gasteiger partial charge in [-0.2, -0.15) is 0 Å². The number of methoxy groups -OCH3 is 1. The van der Waals surface area contributed by atoms with Crippen LogP contribution >= 0.6 is 0 Å². The summed E-state index contributed by atoms with van der Waals surface area (Å²) in [5.41, 5.74) is 5.37. The number of hydrogen-bond donors (Lipinski definition) is 2. The Labute approximate surface area is 185 Å². The average Bonchev–Trinajstić information content (AvgIpc) is 2.79. The molecule has 0 saturated heterocycles. The van der Waals surface area contributed by atoms with Gasteiger partial charge in [0, 0.05) is 34.9 Å². The summed E-state index contributed by atoms with van der Waals surface area (Å²) in [6.07, 6.45) is 0. The molecule has 0 radical (unpaired) electrons. The van der Waals surface area contributed by atoms with Crippen molar-refractivity contribution in [3.63, 3.8) is 0 Å². The van der Waals surface area contributed by atoms with Gasteiger partial charge in [-0.15, -0.1) is 0 Å². The second-order valence-electron chi connectivity index (χ2n) is 7.64. The molecular weight excluding hydrogens is 404 g/mol. The molecule has 1 aromatic heterocycles. The Morgan fingerprint density at radius 1 is 0.906 bits per heavy atom. The third-order valence-corrected chi connectivity index (χ3v) is 5.42. The molecule has 0 saturated carbocycles. The Morgan fingerprint density at radius 3 is 2.25 bits per heavy atom. The number of benzene rings is 3. The van der Waals surface area contributed by atoms with Gasteiger partial charge in [-0.1, -0.05) is 0 Å². The Hall–Kier alpha value is -4.06. The van der Waals surface area contributed by atoms with E-state index >= 15 is 0 Å². The molecule has 0 unspecified atom stereocenters. The molecule has 162 valence electrons. The molecule has 2 N–H and O–H groups in total. The summed E-state index contributed by atoms with van der Waals surface area (Å²) in [4.78, 5) is 24.5. The minimum atomic E-state index is -0.372. The lowest BCUT2D eigenvalue weighted by Gasteiger charge is -2.11. The lowest BCUT2D eigenvalue weighted by atomic mass is 10.0. The normalized spacial score (nSPS) is 10.7. The number of nitrogens with one attached hydrogen (secondary N) is 2. The lowest BCUT2D eigenvalue weighted by Crippen LogP contribution is -2.12. The van der Waals surface area contributed by atoms with Gasteiger partial charge < -0.3 is 19.8 Å². The first-order valence-corrected chi connectivity index (χ1v) is 10.3. The van der Waals surface area contributed by atoms with Crippen LogP contribution in [0.25, 0.3) is 11.0 Å². The van der Waals surface area contributed by atoms with Crippen molar-refractivity contribution in [2.45, 2.75) is 20.4 Å². The van der Waals surface area contributed by atoms with Gasteiger partial charge in [0.2, 0.25) is 0 Å². The molecule has 0 atom stereocenters. The minimum Gasteiger partial charge on any atom is -0.497 e. The number of anilines is 2. The summed E-state index contributed by atoms with van der Waals surface area (Å²) in [6.45, 7) is 4.49. The van der Waals surface area contributed by atoms with Gasteiger partial charge in [0.1, 0.15) is 11.3 Å². The highest BCUT2D eigenvalue weighted by atomic mass is 16.5. The largest absolute Gasteiger partial charge is 0.497 e. The van der Waals surface area contributed by atoms with Gasteiger partial charge in [0.05, 0.1) is 7.11 Å². The van der Waals surface area contributed by atoms with E-state index in [2.05, 4.69) is 10.6 Å². The van der Waals surface area contributed by atoms with E-state index < -0.39 is 0 Å². The molecule has 6 heteroatoms. The molecule has 0 spiro atoms. The van der Waals surface area contributed by atoms with Gasteiger partial charge in [0.15, 0.2) is 0 Å². The fourth-order valence-corrected chi connectivity index (χ4v) is 3.44. The van der Waals surface area contributed by atoms with E-state index in [1.54, 1.807) is 43.5 Å². The zero-order valence-electron chi connectivity index (χ0n) is 18.2. The van der Waals surface area contributed by atoms with Crippen LogP contribution in [-0.4, -0.2) is 13.0 Å². The number of amides is 1. The average molecular weight is 428 g/mol. The van der Waals surface area contributed by atoms with Gasteiger partial charge in [-0.25, -0.2) is 4.79 Å². The summed E-state index contributed by atoms with van der Waals surface area (Å²) >= 11 is 0. The van der Waals surface area contributed by atoms with Crippen molar-refractivity contribution in [3.05, 3.63) is 99.4 Å². The predicted molar refractivity (Wildman–Crippen MR) is 127 cm³/mol. The molecule has 1 heterocycles. The van der Waals surface area contributed by atoms with Crippen LogP contribution in [0, 0.1) is 13.8 Å². The van der Waals surface area contributed by atoms with Gasteiger partial charge in [0.25, 0.3) is 5.91 Å². The number of carbonyl (C=O) groups excluding carboxylic acids is 1. The zero-order chi connectivity index (χ0) is 22.7. The molecule has 0 aliphatic rings. The van der Waals surface area contributed by atoms with Crippen LogP contribution < -0.4 is 21.0 Å². The SMILES string of the molecule is COc1ccc(NC(=O)c2ccc(NCc3cc(=O)oc4cc(C)c(C)cc34)cc2)cc1. The third kappa shape index (κ3) is 4.64. The first-order valence-electron chi connectivity index (χ1n) is 10.3. The maximum absolute atomic E-state index is 12.5. The summed E-state index contributed by atoms with van der Waals surface area (Å²) in [5, 5.41) is 7.09. The van der Waals surface area contributed by atoms with E-state index in [1.165, 1.54) is 6.07 Å². The van der Waals surface area contributed by atoms with Crippen LogP contribution in [0.1, 0.15) is 27.0 Å². The molecule has 6 nitrogen and oxygen atoms in total. The van der Waals surface area contributed by atoms with Crippen molar-refractivity contribution >= 4 is 28.3 Å². The number of rotatable bonds is 6. The fourth-order valence-electron chi connectivity index (χ4n) is 3.44. The molecule has 32 heavy (non-hydrogen) atoms. The van der Waals surface area contributed by atoms with Crippen LogP contribution in [0.3, 0.4) is 0 Å². The van der Waals surface area contributed by atoms with E-state index in [1.807, 2.05) is 38.1 Å². The first kappa shape index (κ1) is 21.2. The van der Waals surface area contributed by atoms with Gasteiger partial charge in [-0.05, 0) is 91.2 Å². The Kier molecular flexibility index (Phi) is 5.94. The second-order valence-corrected chi connectivity index (χ2v) is 7.64. The van der Waals surface area contributed by atoms with Crippen molar-refractivity contribution in [1.82, 2.24) is 0 Å². The number of carbonyl (C=O) groups is 1. The third-order valence-electron chi connectivity index (χ3n) is 5.42.